The molecule has 0 saturated heterocycles. The summed E-state index contributed by atoms with van der Waals surface area (Å²) in [5.74, 6) is 0.579. The van der Waals surface area contributed by atoms with Gasteiger partial charge in [0.1, 0.15) is 11.6 Å². The molecule has 0 spiro atoms. The standard InChI is InChI=1S/C21H20ClN3O4S/c1-2-29-17-9-3-14(4-10-17)11-20(26)23-21-18-12-30(27,28)13-19(18)24-25(21)16-7-5-15(22)6-8-16/h3-10H,2,11-13H2,1H3,(H,23,26). The molecule has 0 aliphatic carbocycles. The van der Waals surface area contributed by atoms with Crippen molar-refractivity contribution in [2.24, 2.45) is 0 Å². The predicted octanol–water partition coefficient (Wildman–Crippen LogP) is 3.53. The van der Waals surface area contributed by atoms with Gasteiger partial charge < -0.3 is 10.1 Å². The Kier molecular flexibility index (Phi) is 5.53. The van der Waals surface area contributed by atoms with Crippen LogP contribution in [0.15, 0.2) is 48.5 Å². The topological polar surface area (TPSA) is 90.3 Å². The summed E-state index contributed by atoms with van der Waals surface area (Å²) in [7, 11) is -3.26. The molecule has 9 heteroatoms. The van der Waals surface area contributed by atoms with Crippen LogP contribution in [0, 0.1) is 0 Å². The van der Waals surface area contributed by atoms with Crippen LogP contribution in [0.2, 0.25) is 5.02 Å². The number of sulfone groups is 1. The van der Waals surface area contributed by atoms with Gasteiger partial charge in [-0.3, -0.25) is 4.79 Å². The molecule has 0 fully saturated rings. The lowest BCUT2D eigenvalue weighted by Crippen LogP contribution is -2.18. The molecule has 0 atom stereocenters. The lowest BCUT2D eigenvalue weighted by molar-refractivity contribution is -0.115. The van der Waals surface area contributed by atoms with Gasteiger partial charge in [-0.05, 0) is 48.9 Å². The Hall–Kier alpha value is -2.84. The summed E-state index contributed by atoms with van der Waals surface area (Å²) >= 11 is 5.97. The number of rotatable bonds is 6. The van der Waals surface area contributed by atoms with Gasteiger partial charge in [0, 0.05) is 10.6 Å². The molecular formula is C21H20ClN3O4S. The zero-order valence-corrected chi connectivity index (χ0v) is 17.8. The highest BCUT2D eigenvalue weighted by molar-refractivity contribution is 7.90. The van der Waals surface area contributed by atoms with Crippen molar-refractivity contribution in [3.8, 4) is 11.4 Å². The van der Waals surface area contributed by atoms with Crippen LogP contribution in [-0.2, 0) is 32.6 Å². The van der Waals surface area contributed by atoms with Gasteiger partial charge in [0.15, 0.2) is 9.84 Å². The van der Waals surface area contributed by atoms with E-state index in [-0.39, 0.29) is 23.8 Å². The number of hydrogen-bond acceptors (Lipinski definition) is 5. The van der Waals surface area contributed by atoms with Crippen molar-refractivity contribution in [2.45, 2.75) is 24.9 Å². The minimum absolute atomic E-state index is 0.134. The Bertz CT molecular complexity index is 1190. The number of fused-ring (bicyclic) bond motifs is 1. The maximum atomic E-state index is 12.7. The number of carbonyl (C=O) groups is 1. The first kappa shape index (κ1) is 20.4. The van der Waals surface area contributed by atoms with Crippen LogP contribution in [0.5, 0.6) is 5.75 Å². The monoisotopic (exact) mass is 445 g/mol. The Labute approximate surface area is 179 Å². The fourth-order valence-corrected chi connectivity index (χ4v) is 4.99. The summed E-state index contributed by atoms with van der Waals surface area (Å²) in [6.45, 7) is 2.48. The van der Waals surface area contributed by atoms with Gasteiger partial charge in [0.25, 0.3) is 0 Å². The third-order valence-electron chi connectivity index (χ3n) is 4.72. The Morgan fingerprint density at radius 2 is 1.83 bits per heavy atom. The molecule has 7 nitrogen and oxygen atoms in total. The second-order valence-electron chi connectivity index (χ2n) is 7.00. The van der Waals surface area contributed by atoms with E-state index >= 15 is 0 Å². The quantitative estimate of drug-likeness (QED) is 0.626. The van der Waals surface area contributed by atoms with Crippen molar-refractivity contribution in [1.82, 2.24) is 9.78 Å². The van der Waals surface area contributed by atoms with Crippen molar-refractivity contribution in [1.29, 1.82) is 0 Å². The minimum atomic E-state index is -3.26. The molecule has 0 radical (unpaired) electrons. The Balaban J connectivity index is 1.60. The summed E-state index contributed by atoms with van der Waals surface area (Å²) in [6.07, 6.45) is 0.139. The first-order chi connectivity index (χ1) is 14.3. The molecule has 0 unspecified atom stereocenters. The molecule has 1 aliphatic rings. The molecule has 2 aromatic carbocycles. The minimum Gasteiger partial charge on any atom is -0.494 e. The number of halogens is 1. The molecule has 30 heavy (non-hydrogen) atoms. The zero-order valence-electron chi connectivity index (χ0n) is 16.3. The van der Waals surface area contributed by atoms with E-state index in [0.29, 0.717) is 34.4 Å². The second kappa shape index (κ2) is 8.12. The molecule has 0 saturated carbocycles. The fraction of sp³-hybridized carbons (Fsp3) is 0.238. The molecular weight excluding hydrogens is 426 g/mol. The molecule has 2 heterocycles. The Morgan fingerprint density at radius 3 is 2.50 bits per heavy atom. The number of aromatic nitrogens is 2. The van der Waals surface area contributed by atoms with Crippen LogP contribution < -0.4 is 10.1 Å². The van der Waals surface area contributed by atoms with E-state index in [4.69, 9.17) is 16.3 Å². The average Bonchev–Trinajstić information content (AvgIpc) is 3.17. The molecule has 0 bridgehead atoms. The molecule has 4 rings (SSSR count). The Morgan fingerprint density at radius 1 is 1.13 bits per heavy atom. The number of hydrogen-bond donors (Lipinski definition) is 1. The van der Waals surface area contributed by atoms with E-state index in [1.54, 1.807) is 28.9 Å². The van der Waals surface area contributed by atoms with Crippen LogP contribution >= 0.6 is 11.6 Å². The molecule has 1 N–H and O–H groups in total. The maximum Gasteiger partial charge on any atom is 0.229 e. The van der Waals surface area contributed by atoms with Crippen molar-refractivity contribution >= 4 is 33.2 Å². The van der Waals surface area contributed by atoms with E-state index in [0.717, 1.165) is 11.3 Å². The van der Waals surface area contributed by atoms with E-state index in [2.05, 4.69) is 10.4 Å². The van der Waals surface area contributed by atoms with E-state index in [9.17, 15) is 13.2 Å². The van der Waals surface area contributed by atoms with Crippen LogP contribution in [0.4, 0.5) is 5.82 Å². The van der Waals surface area contributed by atoms with Gasteiger partial charge >= 0.3 is 0 Å². The van der Waals surface area contributed by atoms with Crippen molar-refractivity contribution in [2.75, 3.05) is 11.9 Å². The summed E-state index contributed by atoms with van der Waals surface area (Å²) in [6, 6.07) is 14.2. The van der Waals surface area contributed by atoms with Crippen LogP contribution in [0.25, 0.3) is 5.69 Å². The van der Waals surface area contributed by atoms with Crippen molar-refractivity contribution in [3.63, 3.8) is 0 Å². The van der Waals surface area contributed by atoms with E-state index in [1.165, 1.54) is 0 Å². The third kappa shape index (κ3) is 4.34. The lowest BCUT2D eigenvalue weighted by Gasteiger charge is -2.11. The summed E-state index contributed by atoms with van der Waals surface area (Å²) in [4.78, 5) is 12.7. The summed E-state index contributed by atoms with van der Waals surface area (Å²) < 4.78 is 31.1. The van der Waals surface area contributed by atoms with Crippen molar-refractivity contribution < 1.29 is 17.9 Å². The number of ether oxygens (including phenoxy) is 1. The number of anilines is 1. The highest BCUT2D eigenvalue weighted by Gasteiger charge is 2.33. The predicted molar refractivity (Wildman–Crippen MR) is 115 cm³/mol. The molecule has 1 aliphatic heterocycles. The van der Waals surface area contributed by atoms with Gasteiger partial charge in [-0.1, -0.05) is 23.7 Å². The maximum absolute atomic E-state index is 12.7. The second-order valence-corrected chi connectivity index (χ2v) is 9.50. The van der Waals surface area contributed by atoms with Gasteiger partial charge in [-0.25, -0.2) is 13.1 Å². The van der Waals surface area contributed by atoms with Gasteiger partial charge in [-0.15, -0.1) is 0 Å². The molecule has 1 amide bonds. The first-order valence-electron chi connectivity index (χ1n) is 9.43. The van der Waals surface area contributed by atoms with Crippen molar-refractivity contribution in [3.05, 3.63) is 70.4 Å². The first-order valence-corrected chi connectivity index (χ1v) is 11.6. The number of amides is 1. The SMILES string of the molecule is CCOc1ccc(CC(=O)Nc2c3c(nn2-c2ccc(Cl)cc2)CS(=O)(=O)C3)cc1. The molecule has 1 aromatic heterocycles. The summed E-state index contributed by atoms with van der Waals surface area (Å²) in [5.41, 5.74) is 2.49. The largest absolute Gasteiger partial charge is 0.494 e. The number of nitrogens with one attached hydrogen (secondary N) is 1. The molecule has 156 valence electrons. The lowest BCUT2D eigenvalue weighted by atomic mass is 10.1. The third-order valence-corrected chi connectivity index (χ3v) is 6.41. The van der Waals surface area contributed by atoms with Gasteiger partial charge in [0.2, 0.25) is 5.91 Å². The van der Waals surface area contributed by atoms with Gasteiger partial charge in [0.05, 0.1) is 35.9 Å². The van der Waals surface area contributed by atoms with E-state index < -0.39 is 9.84 Å². The van der Waals surface area contributed by atoms with Crippen LogP contribution in [0.1, 0.15) is 23.7 Å². The number of carbonyl (C=O) groups excluding carboxylic acids is 1. The average molecular weight is 446 g/mol. The smallest absolute Gasteiger partial charge is 0.229 e. The van der Waals surface area contributed by atoms with Gasteiger partial charge in [-0.2, -0.15) is 5.10 Å². The highest BCUT2D eigenvalue weighted by atomic mass is 35.5. The number of nitrogens with zero attached hydrogens (tertiary/aromatic N) is 2. The van der Waals surface area contributed by atoms with Crippen LogP contribution in [-0.4, -0.2) is 30.7 Å². The highest BCUT2D eigenvalue weighted by Crippen LogP contribution is 2.33. The molecule has 3 aromatic rings. The summed E-state index contributed by atoms with van der Waals surface area (Å²) in [5, 5.41) is 7.88. The normalized spacial score (nSPS) is 14.3. The number of benzene rings is 2. The fourth-order valence-electron chi connectivity index (χ4n) is 3.37. The van der Waals surface area contributed by atoms with E-state index in [1.807, 2.05) is 31.2 Å². The zero-order chi connectivity index (χ0) is 21.3. The van der Waals surface area contributed by atoms with Crippen LogP contribution in [0.3, 0.4) is 0 Å².